The maximum Gasteiger partial charge on any atom is 0.274 e. The van der Waals surface area contributed by atoms with Crippen LogP contribution in [0.15, 0.2) is 54.4 Å². The average Bonchev–Trinajstić information content (AvgIpc) is 3.09. The minimum Gasteiger partial charge on any atom is -0.321 e. The van der Waals surface area contributed by atoms with Crippen LogP contribution < -0.4 is 10.2 Å². The van der Waals surface area contributed by atoms with Crippen LogP contribution in [0.2, 0.25) is 0 Å². The van der Waals surface area contributed by atoms with Gasteiger partial charge in [-0.3, -0.25) is 9.78 Å². The van der Waals surface area contributed by atoms with E-state index < -0.39 is 0 Å². The second-order valence-electron chi connectivity index (χ2n) is 4.47. The predicted octanol–water partition coefficient (Wildman–Crippen LogP) is 2.95. The average molecular weight is 311 g/mol. The molecule has 110 valence electrons. The summed E-state index contributed by atoms with van der Waals surface area (Å²) in [6.07, 6.45) is 4.61. The van der Waals surface area contributed by atoms with Gasteiger partial charge < -0.3 is 10.2 Å². The topological polar surface area (TPSA) is 71.0 Å². The summed E-state index contributed by atoms with van der Waals surface area (Å²) < 4.78 is 0. The van der Waals surface area contributed by atoms with Gasteiger partial charge in [0.05, 0.1) is 16.9 Å². The largest absolute Gasteiger partial charge is 0.321 e. The lowest BCUT2D eigenvalue weighted by Gasteiger charge is -2.16. The van der Waals surface area contributed by atoms with E-state index in [1.165, 1.54) is 6.33 Å². The molecule has 1 N–H and O–H groups in total. The standard InChI is InChI=1S/C15H13N5OS/c1-20(14-5-3-7-22-14)13-8-12(17-10-18-13)15(21)19-11-4-2-6-16-9-11/h2-10H,1H3,(H,19,21). The van der Waals surface area contributed by atoms with Gasteiger partial charge in [-0.25, -0.2) is 9.97 Å². The van der Waals surface area contributed by atoms with E-state index in [9.17, 15) is 4.79 Å². The zero-order valence-corrected chi connectivity index (χ0v) is 12.6. The number of anilines is 3. The Balaban J connectivity index is 1.80. The van der Waals surface area contributed by atoms with Crippen LogP contribution in [0, 0.1) is 0 Å². The van der Waals surface area contributed by atoms with Gasteiger partial charge in [0.1, 0.15) is 17.8 Å². The summed E-state index contributed by atoms with van der Waals surface area (Å²) in [7, 11) is 1.90. The minimum atomic E-state index is -0.295. The van der Waals surface area contributed by atoms with Crippen LogP contribution in [0.25, 0.3) is 0 Å². The lowest BCUT2D eigenvalue weighted by atomic mass is 10.3. The Morgan fingerprint density at radius 3 is 2.91 bits per heavy atom. The first kappa shape index (κ1) is 14.2. The van der Waals surface area contributed by atoms with E-state index in [0.29, 0.717) is 17.2 Å². The second kappa shape index (κ2) is 6.31. The van der Waals surface area contributed by atoms with Crippen molar-refractivity contribution >= 4 is 33.8 Å². The summed E-state index contributed by atoms with van der Waals surface area (Å²) in [5, 5.41) is 5.78. The van der Waals surface area contributed by atoms with Gasteiger partial charge in [0.25, 0.3) is 5.91 Å². The molecular formula is C15H13N5OS. The Morgan fingerprint density at radius 2 is 2.18 bits per heavy atom. The number of hydrogen-bond donors (Lipinski definition) is 1. The van der Waals surface area contributed by atoms with Gasteiger partial charge in [0.15, 0.2) is 0 Å². The van der Waals surface area contributed by atoms with Crippen LogP contribution in [0.5, 0.6) is 0 Å². The molecule has 0 unspecified atom stereocenters. The van der Waals surface area contributed by atoms with Crippen molar-refractivity contribution in [3.63, 3.8) is 0 Å². The number of carbonyl (C=O) groups is 1. The van der Waals surface area contributed by atoms with E-state index in [-0.39, 0.29) is 5.91 Å². The number of carbonyl (C=O) groups excluding carboxylic acids is 1. The SMILES string of the molecule is CN(c1cc(C(=O)Nc2cccnc2)ncn1)c1cccs1. The normalized spacial score (nSPS) is 10.2. The molecule has 0 spiro atoms. The molecule has 0 aromatic carbocycles. The molecule has 0 saturated carbocycles. The summed E-state index contributed by atoms with van der Waals surface area (Å²) in [4.78, 5) is 26.3. The minimum absolute atomic E-state index is 0.295. The summed E-state index contributed by atoms with van der Waals surface area (Å²) in [5.74, 6) is 0.366. The Kier molecular flexibility index (Phi) is 4.06. The number of rotatable bonds is 4. The summed E-state index contributed by atoms with van der Waals surface area (Å²) in [6.45, 7) is 0. The van der Waals surface area contributed by atoms with Crippen molar-refractivity contribution in [3.05, 3.63) is 60.1 Å². The lowest BCUT2D eigenvalue weighted by molar-refractivity contribution is 0.102. The van der Waals surface area contributed by atoms with E-state index in [2.05, 4.69) is 20.3 Å². The van der Waals surface area contributed by atoms with E-state index in [0.717, 1.165) is 5.00 Å². The number of nitrogens with zero attached hydrogens (tertiary/aromatic N) is 4. The highest BCUT2D eigenvalue weighted by molar-refractivity contribution is 7.14. The highest BCUT2D eigenvalue weighted by Gasteiger charge is 2.12. The molecule has 6 nitrogen and oxygen atoms in total. The Labute approximate surface area is 131 Å². The number of aromatic nitrogens is 3. The van der Waals surface area contributed by atoms with Crippen LogP contribution in [0.4, 0.5) is 16.5 Å². The number of thiophene rings is 1. The molecule has 0 fully saturated rings. The summed E-state index contributed by atoms with van der Waals surface area (Å²) in [6, 6.07) is 9.14. The van der Waals surface area contributed by atoms with Crippen molar-refractivity contribution in [2.75, 3.05) is 17.3 Å². The first-order chi connectivity index (χ1) is 10.7. The number of nitrogens with one attached hydrogen (secondary N) is 1. The number of pyridine rings is 1. The van der Waals surface area contributed by atoms with Crippen LogP contribution in [-0.4, -0.2) is 27.9 Å². The molecule has 22 heavy (non-hydrogen) atoms. The molecule has 0 aliphatic heterocycles. The molecule has 7 heteroatoms. The maximum atomic E-state index is 12.2. The molecule has 3 heterocycles. The van der Waals surface area contributed by atoms with Gasteiger partial charge >= 0.3 is 0 Å². The Morgan fingerprint density at radius 1 is 1.27 bits per heavy atom. The van der Waals surface area contributed by atoms with Gasteiger partial charge in [-0.05, 0) is 29.6 Å². The molecule has 3 aromatic rings. The predicted molar refractivity (Wildman–Crippen MR) is 86.6 cm³/mol. The van der Waals surface area contributed by atoms with Gasteiger partial charge in [-0.15, -0.1) is 11.3 Å². The molecule has 0 saturated heterocycles. The molecule has 0 bridgehead atoms. The maximum absolute atomic E-state index is 12.2. The molecular weight excluding hydrogens is 298 g/mol. The fourth-order valence-corrected chi connectivity index (χ4v) is 2.57. The Bertz CT molecular complexity index is 761. The van der Waals surface area contributed by atoms with Crippen molar-refractivity contribution < 1.29 is 4.79 Å². The quantitative estimate of drug-likeness (QED) is 0.802. The molecule has 3 rings (SSSR count). The van der Waals surface area contributed by atoms with Gasteiger partial charge in [0.2, 0.25) is 0 Å². The molecule has 0 radical (unpaired) electrons. The molecule has 3 aromatic heterocycles. The third-order valence-corrected chi connectivity index (χ3v) is 3.93. The molecule has 1 amide bonds. The smallest absolute Gasteiger partial charge is 0.274 e. The van der Waals surface area contributed by atoms with E-state index in [4.69, 9.17) is 0 Å². The van der Waals surface area contributed by atoms with E-state index in [1.807, 2.05) is 29.5 Å². The number of hydrogen-bond acceptors (Lipinski definition) is 6. The zero-order chi connectivity index (χ0) is 15.4. The zero-order valence-electron chi connectivity index (χ0n) is 11.8. The fraction of sp³-hybridized carbons (Fsp3) is 0.0667. The van der Waals surface area contributed by atoms with Crippen molar-refractivity contribution in [2.45, 2.75) is 0 Å². The van der Waals surface area contributed by atoms with Gasteiger partial charge in [0, 0.05) is 19.3 Å². The van der Waals surface area contributed by atoms with Crippen LogP contribution >= 0.6 is 11.3 Å². The summed E-state index contributed by atoms with van der Waals surface area (Å²) >= 11 is 1.60. The first-order valence-corrected chi connectivity index (χ1v) is 7.42. The van der Waals surface area contributed by atoms with Crippen LogP contribution in [0.1, 0.15) is 10.5 Å². The highest BCUT2D eigenvalue weighted by atomic mass is 32.1. The van der Waals surface area contributed by atoms with Crippen molar-refractivity contribution in [1.82, 2.24) is 15.0 Å². The third kappa shape index (κ3) is 3.09. The van der Waals surface area contributed by atoms with Crippen LogP contribution in [0.3, 0.4) is 0 Å². The van der Waals surface area contributed by atoms with Crippen molar-refractivity contribution in [1.29, 1.82) is 0 Å². The Hall–Kier alpha value is -2.80. The van der Waals surface area contributed by atoms with Crippen LogP contribution in [-0.2, 0) is 0 Å². The molecule has 0 atom stereocenters. The first-order valence-electron chi connectivity index (χ1n) is 6.55. The lowest BCUT2D eigenvalue weighted by Crippen LogP contribution is -2.16. The molecule has 0 aliphatic carbocycles. The fourth-order valence-electron chi connectivity index (χ4n) is 1.86. The molecule has 0 aliphatic rings. The third-order valence-electron chi connectivity index (χ3n) is 2.99. The monoisotopic (exact) mass is 311 g/mol. The van der Waals surface area contributed by atoms with Crippen molar-refractivity contribution in [2.24, 2.45) is 0 Å². The van der Waals surface area contributed by atoms with Gasteiger partial charge in [-0.2, -0.15) is 0 Å². The number of amides is 1. The van der Waals surface area contributed by atoms with E-state index in [1.54, 1.807) is 41.9 Å². The highest BCUT2D eigenvalue weighted by Crippen LogP contribution is 2.26. The van der Waals surface area contributed by atoms with E-state index >= 15 is 0 Å². The van der Waals surface area contributed by atoms with Crippen molar-refractivity contribution in [3.8, 4) is 0 Å². The summed E-state index contributed by atoms with van der Waals surface area (Å²) in [5.41, 5.74) is 0.927. The van der Waals surface area contributed by atoms with Gasteiger partial charge in [-0.1, -0.05) is 0 Å². The second-order valence-corrected chi connectivity index (χ2v) is 5.39.